The summed E-state index contributed by atoms with van der Waals surface area (Å²) in [7, 11) is 0. The first-order valence-corrected chi connectivity index (χ1v) is 7.66. The molecule has 0 amide bonds. The van der Waals surface area contributed by atoms with Crippen molar-refractivity contribution in [2.24, 2.45) is 5.92 Å². The Balaban J connectivity index is 2.12. The first kappa shape index (κ1) is 15.9. The van der Waals surface area contributed by atoms with E-state index in [2.05, 4.69) is 26.1 Å². The fourth-order valence-electron chi connectivity index (χ4n) is 2.01. The maximum Gasteiger partial charge on any atom is 0.132 e. The highest BCUT2D eigenvalue weighted by Gasteiger charge is 2.06. The summed E-state index contributed by atoms with van der Waals surface area (Å²) in [6.45, 7) is 8.16. The number of aryl methyl sites for hydroxylation is 1. The zero-order chi connectivity index (χ0) is 15.2. The van der Waals surface area contributed by atoms with Crippen LogP contribution >= 0.6 is 11.6 Å². The van der Waals surface area contributed by atoms with E-state index in [4.69, 9.17) is 16.3 Å². The van der Waals surface area contributed by atoms with E-state index in [9.17, 15) is 0 Å². The number of hydrogen-bond donors (Lipinski definition) is 1. The summed E-state index contributed by atoms with van der Waals surface area (Å²) >= 11 is 6.10. The maximum absolute atomic E-state index is 6.10. The van der Waals surface area contributed by atoms with Gasteiger partial charge in [0, 0.05) is 17.1 Å². The van der Waals surface area contributed by atoms with Gasteiger partial charge in [0.1, 0.15) is 11.5 Å². The smallest absolute Gasteiger partial charge is 0.132 e. The summed E-state index contributed by atoms with van der Waals surface area (Å²) in [5.74, 6) is 2.30. The zero-order valence-electron chi connectivity index (χ0n) is 12.8. The second-order valence-corrected chi connectivity index (χ2v) is 6.13. The molecule has 2 aromatic rings. The topological polar surface area (TPSA) is 21.3 Å². The Morgan fingerprint density at radius 2 is 1.81 bits per heavy atom. The van der Waals surface area contributed by atoms with Gasteiger partial charge in [-0.05, 0) is 49.7 Å². The van der Waals surface area contributed by atoms with Crippen molar-refractivity contribution in [2.45, 2.75) is 27.3 Å². The Labute approximate surface area is 132 Å². The summed E-state index contributed by atoms with van der Waals surface area (Å²) in [5, 5.41) is 4.15. The van der Waals surface area contributed by atoms with Crippen molar-refractivity contribution in [3.63, 3.8) is 0 Å². The van der Waals surface area contributed by atoms with Crippen LogP contribution in [0.25, 0.3) is 0 Å². The molecule has 0 unspecified atom stereocenters. The van der Waals surface area contributed by atoms with E-state index in [0.717, 1.165) is 35.2 Å². The third-order valence-corrected chi connectivity index (χ3v) is 3.37. The van der Waals surface area contributed by atoms with E-state index in [1.165, 1.54) is 5.56 Å². The molecule has 0 spiro atoms. The lowest BCUT2D eigenvalue weighted by Crippen LogP contribution is -2.19. The molecule has 112 valence electrons. The van der Waals surface area contributed by atoms with E-state index in [-0.39, 0.29) is 0 Å². The first-order chi connectivity index (χ1) is 10.0. The fraction of sp³-hybridized carbons (Fsp3) is 0.333. The molecule has 0 saturated carbocycles. The summed E-state index contributed by atoms with van der Waals surface area (Å²) < 4.78 is 5.98. The Hall–Kier alpha value is -1.51. The number of benzene rings is 2. The van der Waals surface area contributed by atoms with Gasteiger partial charge in [-0.15, -0.1) is 0 Å². The van der Waals surface area contributed by atoms with Gasteiger partial charge >= 0.3 is 0 Å². The highest BCUT2D eigenvalue weighted by molar-refractivity contribution is 6.30. The fourth-order valence-corrected chi connectivity index (χ4v) is 2.21. The van der Waals surface area contributed by atoms with Crippen LogP contribution in [0.3, 0.4) is 0 Å². The molecule has 0 heterocycles. The van der Waals surface area contributed by atoms with Crippen LogP contribution in [0.5, 0.6) is 11.5 Å². The predicted molar refractivity (Wildman–Crippen MR) is 89.2 cm³/mol. The van der Waals surface area contributed by atoms with Crippen molar-refractivity contribution in [1.82, 2.24) is 5.32 Å². The average molecular weight is 304 g/mol. The normalized spacial score (nSPS) is 10.9. The van der Waals surface area contributed by atoms with Gasteiger partial charge in [0.05, 0.1) is 0 Å². The molecule has 3 heteroatoms. The lowest BCUT2D eigenvalue weighted by Gasteiger charge is -2.13. The van der Waals surface area contributed by atoms with Crippen LogP contribution in [-0.2, 0) is 6.54 Å². The lowest BCUT2D eigenvalue weighted by atomic mass is 10.1. The minimum atomic E-state index is 0.616. The van der Waals surface area contributed by atoms with Crippen molar-refractivity contribution >= 4 is 11.6 Å². The summed E-state index contributed by atoms with van der Waals surface area (Å²) in [6.07, 6.45) is 0. The van der Waals surface area contributed by atoms with E-state index in [1.807, 2.05) is 42.5 Å². The summed E-state index contributed by atoms with van der Waals surface area (Å²) in [6, 6.07) is 13.8. The number of rotatable bonds is 6. The van der Waals surface area contributed by atoms with E-state index >= 15 is 0 Å². The van der Waals surface area contributed by atoms with Gasteiger partial charge in [0.15, 0.2) is 0 Å². The third kappa shape index (κ3) is 5.07. The van der Waals surface area contributed by atoms with Crippen molar-refractivity contribution in [3.05, 3.63) is 58.6 Å². The highest BCUT2D eigenvalue weighted by Crippen LogP contribution is 2.28. The van der Waals surface area contributed by atoms with Gasteiger partial charge in [-0.1, -0.05) is 43.1 Å². The molecule has 1 N–H and O–H groups in total. The van der Waals surface area contributed by atoms with Crippen LogP contribution in [0.2, 0.25) is 5.02 Å². The van der Waals surface area contributed by atoms with Crippen molar-refractivity contribution in [2.75, 3.05) is 6.54 Å². The molecule has 0 bridgehead atoms. The number of halogens is 1. The van der Waals surface area contributed by atoms with Gasteiger partial charge < -0.3 is 10.1 Å². The lowest BCUT2D eigenvalue weighted by molar-refractivity contribution is 0.469. The molecule has 0 aliphatic rings. The molecular formula is C18H22ClNO. The maximum atomic E-state index is 6.10. The van der Waals surface area contributed by atoms with Crippen LogP contribution < -0.4 is 10.1 Å². The van der Waals surface area contributed by atoms with Gasteiger partial charge in [-0.2, -0.15) is 0 Å². The van der Waals surface area contributed by atoms with Crippen LogP contribution in [0.4, 0.5) is 0 Å². The molecule has 0 aliphatic carbocycles. The third-order valence-electron chi connectivity index (χ3n) is 3.14. The van der Waals surface area contributed by atoms with Gasteiger partial charge in [-0.25, -0.2) is 0 Å². The Kier molecular flexibility index (Phi) is 5.66. The summed E-state index contributed by atoms with van der Waals surface area (Å²) in [4.78, 5) is 0. The molecule has 2 nitrogen and oxygen atoms in total. The molecule has 0 saturated heterocycles. The average Bonchev–Trinajstić information content (AvgIpc) is 2.43. The van der Waals surface area contributed by atoms with Crippen molar-refractivity contribution in [3.8, 4) is 11.5 Å². The molecular weight excluding hydrogens is 282 g/mol. The van der Waals surface area contributed by atoms with Gasteiger partial charge in [-0.3, -0.25) is 0 Å². The second-order valence-electron chi connectivity index (χ2n) is 5.69. The number of hydrogen-bond acceptors (Lipinski definition) is 2. The van der Waals surface area contributed by atoms with Crippen LogP contribution in [0.1, 0.15) is 25.0 Å². The molecule has 0 aliphatic heterocycles. The Bertz CT molecular complexity index is 578. The number of ether oxygens (including phenoxy) is 1. The van der Waals surface area contributed by atoms with E-state index in [1.54, 1.807) is 0 Å². The Morgan fingerprint density at radius 1 is 1.10 bits per heavy atom. The molecule has 0 aromatic heterocycles. The summed E-state index contributed by atoms with van der Waals surface area (Å²) in [5.41, 5.74) is 2.29. The number of nitrogens with one attached hydrogen (secondary N) is 1. The quantitative estimate of drug-likeness (QED) is 0.793. The standard InChI is InChI=1S/C18H22ClNO/c1-13(2)11-20-12-15-10-16(19)6-9-18(15)21-17-7-4-14(3)5-8-17/h4-10,13,20H,11-12H2,1-3H3. The molecule has 2 rings (SSSR count). The van der Waals surface area contributed by atoms with Crippen molar-refractivity contribution < 1.29 is 4.74 Å². The van der Waals surface area contributed by atoms with E-state index in [0.29, 0.717) is 5.92 Å². The SMILES string of the molecule is Cc1ccc(Oc2ccc(Cl)cc2CNCC(C)C)cc1. The van der Waals surface area contributed by atoms with Gasteiger partial charge in [0.25, 0.3) is 0 Å². The molecule has 0 atom stereocenters. The van der Waals surface area contributed by atoms with Crippen LogP contribution in [-0.4, -0.2) is 6.54 Å². The Morgan fingerprint density at radius 3 is 2.48 bits per heavy atom. The molecule has 2 aromatic carbocycles. The van der Waals surface area contributed by atoms with Crippen molar-refractivity contribution in [1.29, 1.82) is 0 Å². The monoisotopic (exact) mass is 303 g/mol. The van der Waals surface area contributed by atoms with Crippen LogP contribution in [0, 0.1) is 12.8 Å². The second kappa shape index (κ2) is 7.48. The zero-order valence-corrected chi connectivity index (χ0v) is 13.6. The molecule has 0 radical (unpaired) electrons. The van der Waals surface area contributed by atoms with Gasteiger partial charge in [0.2, 0.25) is 0 Å². The predicted octanol–water partition coefficient (Wildman–Crippen LogP) is 5.19. The largest absolute Gasteiger partial charge is 0.457 e. The van der Waals surface area contributed by atoms with E-state index < -0.39 is 0 Å². The minimum absolute atomic E-state index is 0.616. The minimum Gasteiger partial charge on any atom is -0.457 e. The molecule has 0 fully saturated rings. The highest BCUT2D eigenvalue weighted by atomic mass is 35.5. The first-order valence-electron chi connectivity index (χ1n) is 7.28. The van der Waals surface area contributed by atoms with Crippen LogP contribution in [0.15, 0.2) is 42.5 Å². The molecule has 21 heavy (non-hydrogen) atoms.